The Morgan fingerprint density at radius 2 is 1.68 bits per heavy atom. The Morgan fingerprint density at radius 1 is 0.968 bits per heavy atom. The standard InChI is InChI=1S/C23H28N2O5S/c1-16-7-10-20(18(3)13-16)24-22(26)15-30-23(27)19-9-8-17(2)21(14-19)31(28,29)25-11-5-4-6-12-25/h7-10,13-14H,4-6,11-12,15H2,1-3H3,(H,24,26). The maximum absolute atomic E-state index is 13.0. The summed E-state index contributed by atoms with van der Waals surface area (Å²) in [4.78, 5) is 24.8. The predicted octanol–water partition coefficient (Wildman–Crippen LogP) is 3.58. The first-order chi connectivity index (χ1) is 14.7. The largest absolute Gasteiger partial charge is 0.452 e. The van der Waals surface area contributed by atoms with Gasteiger partial charge in [0.25, 0.3) is 5.91 Å². The van der Waals surface area contributed by atoms with Crippen molar-refractivity contribution in [2.45, 2.75) is 44.9 Å². The zero-order valence-electron chi connectivity index (χ0n) is 18.1. The molecule has 0 aliphatic carbocycles. The summed E-state index contributed by atoms with van der Waals surface area (Å²) in [5.74, 6) is -1.21. The zero-order valence-corrected chi connectivity index (χ0v) is 18.9. The van der Waals surface area contributed by atoms with Crippen LogP contribution in [-0.2, 0) is 19.6 Å². The molecule has 1 amide bonds. The van der Waals surface area contributed by atoms with Crippen molar-refractivity contribution in [2.75, 3.05) is 25.0 Å². The molecule has 0 aromatic heterocycles. The number of aryl methyl sites for hydroxylation is 3. The number of benzene rings is 2. The van der Waals surface area contributed by atoms with E-state index in [1.54, 1.807) is 19.1 Å². The molecule has 1 saturated heterocycles. The SMILES string of the molecule is Cc1ccc(NC(=O)COC(=O)c2ccc(C)c(S(=O)(=O)N3CCCCC3)c2)c(C)c1. The lowest BCUT2D eigenvalue weighted by atomic mass is 10.1. The molecule has 7 nitrogen and oxygen atoms in total. The summed E-state index contributed by atoms with van der Waals surface area (Å²) in [5, 5.41) is 2.71. The number of esters is 1. The summed E-state index contributed by atoms with van der Waals surface area (Å²) in [7, 11) is -3.68. The van der Waals surface area contributed by atoms with E-state index >= 15 is 0 Å². The van der Waals surface area contributed by atoms with Crippen molar-refractivity contribution < 1.29 is 22.7 Å². The van der Waals surface area contributed by atoms with Crippen LogP contribution in [0.3, 0.4) is 0 Å². The highest BCUT2D eigenvalue weighted by molar-refractivity contribution is 7.89. The molecule has 166 valence electrons. The van der Waals surface area contributed by atoms with E-state index in [-0.39, 0.29) is 10.5 Å². The van der Waals surface area contributed by atoms with Crippen LogP contribution < -0.4 is 5.32 Å². The number of rotatable bonds is 6. The average molecular weight is 445 g/mol. The smallest absolute Gasteiger partial charge is 0.338 e. The quantitative estimate of drug-likeness (QED) is 0.688. The molecular weight excluding hydrogens is 416 g/mol. The monoisotopic (exact) mass is 444 g/mol. The van der Waals surface area contributed by atoms with Crippen LogP contribution in [0, 0.1) is 20.8 Å². The lowest BCUT2D eigenvalue weighted by Crippen LogP contribution is -2.36. The lowest BCUT2D eigenvalue weighted by molar-refractivity contribution is -0.119. The molecular formula is C23H28N2O5S. The fourth-order valence-corrected chi connectivity index (χ4v) is 5.37. The number of hydrogen-bond acceptors (Lipinski definition) is 5. The minimum absolute atomic E-state index is 0.0977. The van der Waals surface area contributed by atoms with Crippen molar-refractivity contribution in [1.82, 2.24) is 4.31 Å². The first-order valence-electron chi connectivity index (χ1n) is 10.3. The van der Waals surface area contributed by atoms with E-state index in [9.17, 15) is 18.0 Å². The van der Waals surface area contributed by atoms with Gasteiger partial charge in [0.2, 0.25) is 10.0 Å². The predicted molar refractivity (Wildman–Crippen MR) is 119 cm³/mol. The molecule has 0 bridgehead atoms. The topological polar surface area (TPSA) is 92.8 Å². The number of nitrogens with zero attached hydrogens (tertiary/aromatic N) is 1. The highest BCUT2D eigenvalue weighted by Crippen LogP contribution is 2.24. The molecule has 0 saturated carbocycles. The van der Waals surface area contributed by atoms with Crippen LogP contribution >= 0.6 is 0 Å². The summed E-state index contributed by atoms with van der Waals surface area (Å²) in [5.41, 5.74) is 3.30. The van der Waals surface area contributed by atoms with Crippen LogP contribution in [0.5, 0.6) is 0 Å². The molecule has 1 N–H and O–H groups in total. The van der Waals surface area contributed by atoms with Gasteiger partial charge in [-0.05, 0) is 62.9 Å². The van der Waals surface area contributed by atoms with Crippen LogP contribution in [0.2, 0.25) is 0 Å². The molecule has 1 fully saturated rings. The Morgan fingerprint density at radius 3 is 2.35 bits per heavy atom. The Hall–Kier alpha value is -2.71. The minimum atomic E-state index is -3.68. The van der Waals surface area contributed by atoms with Crippen molar-refractivity contribution in [3.05, 3.63) is 58.7 Å². The van der Waals surface area contributed by atoms with Crippen molar-refractivity contribution >= 4 is 27.6 Å². The van der Waals surface area contributed by atoms with Gasteiger partial charge < -0.3 is 10.1 Å². The summed E-state index contributed by atoms with van der Waals surface area (Å²) >= 11 is 0. The Bertz CT molecular complexity index is 1090. The number of carbonyl (C=O) groups excluding carboxylic acids is 2. The second-order valence-electron chi connectivity index (χ2n) is 7.89. The van der Waals surface area contributed by atoms with Crippen LogP contribution in [0.25, 0.3) is 0 Å². The van der Waals surface area contributed by atoms with Gasteiger partial charge >= 0.3 is 5.97 Å². The number of ether oxygens (including phenoxy) is 1. The molecule has 8 heteroatoms. The van der Waals surface area contributed by atoms with E-state index in [1.165, 1.54) is 16.4 Å². The van der Waals surface area contributed by atoms with E-state index in [0.717, 1.165) is 30.4 Å². The van der Waals surface area contributed by atoms with Crippen LogP contribution in [0.15, 0.2) is 41.3 Å². The third-order valence-corrected chi connectivity index (χ3v) is 7.39. The molecule has 3 rings (SSSR count). The number of carbonyl (C=O) groups is 2. The number of sulfonamides is 1. The number of amides is 1. The van der Waals surface area contributed by atoms with E-state index in [0.29, 0.717) is 24.3 Å². The summed E-state index contributed by atoms with van der Waals surface area (Å²) in [6.45, 7) is 6.04. The van der Waals surface area contributed by atoms with E-state index < -0.39 is 28.5 Å². The number of anilines is 1. The van der Waals surface area contributed by atoms with Crippen molar-refractivity contribution in [3.63, 3.8) is 0 Å². The highest BCUT2D eigenvalue weighted by atomic mass is 32.2. The van der Waals surface area contributed by atoms with Crippen molar-refractivity contribution in [1.29, 1.82) is 0 Å². The summed E-state index contributed by atoms with van der Waals surface area (Å²) < 4.78 is 32.6. The number of piperidine rings is 1. The highest BCUT2D eigenvalue weighted by Gasteiger charge is 2.28. The van der Waals surface area contributed by atoms with Gasteiger partial charge in [0, 0.05) is 18.8 Å². The van der Waals surface area contributed by atoms with Gasteiger partial charge in [-0.3, -0.25) is 4.79 Å². The fourth-order valence-electron chi connectivity index (χ4n) is 3.60. The zero-order chi connectivity index (χ0) is 22.6. The molecule has 1 heterocycles. The molecule has 0 atom stereocenters. The third kappa shape index (κ3) is 5.51. The molecule has 2 aromatic rings. The van der Waals surface area contributed by atoms with E-state index in [4.69, 9.17) is 4.74 Å². The molecule has 1 aliphatic rings. The molecule has 0 spiro atoms. The number of nitrogens with one attached hydrogen (secondary N) is 1. The normalized spacial score (nSPS) is 14.8. The molecule has 1 aliphatic heterocycles. The van der Waals surface area contributed by atoms with Crippen LogP contribution in [0.4, 0.5) is 5.69 Å². The van der Waals surface area contributed by atoms with Crippen LogP contribution in [0.1, 0.15) is 46.3 Å². The Kier molecular flexibility index (Phi) is 7.12. The van der Waals surface area contributed by atoms with Gasteiger partial charge in [-0.2, -0.15) is 4.31 Å². The van der Waals surface area contributed by atoms with E-state index in [1.807, 2.05) is 26.0 Å². The maximum Gasteiger partial charge on any atom is 0.338 e. The second kappa shape index (κ2) is 9.62. The van der Waals surface area contributed by atoms with Gasteiger partial charge in [0.1, 0.15) is 0 Å². The van der Waals surface area contributed by atoms with E-state index in [2.05, 4.69) is 5.32 Å². The second-order valence-corrected chi connectivity index (χ2v) is 9.79. The van der Waals surface area contributed by atoms with Gasteiger partial charge in [-0.1, -0.05) is 30.2 Å². The minimum Gasteiger partial charge on any atom is -0.452 e. The Labute approximate surface area is 183 Å². The van der Waals surface area contributed by atoms with Crippen LogP contribution in [-0.4, -0.2) is 44.3 Å². The maximum atomic E-state index is 13.0. The van der Waals surface area contributed by atoms with Gasteiger partial charge in [0.15, 0.2) is 6.61 Å². The fraction of sp³-hybridized carbons (Fsp3) is 0.391. The van der Waals surface area contributed by atoms with Gasteiger partial charge in [0.05, 0.1) is 10.5 Å². The molecule has 0 unspecified atom stereocenters. The lowest BCUT2D eigenvalue weighted by Gasteiger charge is -2.26. The molecule has 2 aromatic carbocycles. The van der Waals surface area contributed by atoms with Gasteiger partial charge in [-0.15, -0.1) is 0 Å². The third-order valence-electron chi connectivity index (χ3n) is 5.35. The average Bonchev–Trinajstić information content (AvgIpc) is 2.75. The van der Waals surface area contributed by atoms with Crippen molar-refractivity contribution in [2.24, 2.45) is 0 Å². The van der Waals surface area contributed by atoms with Crippen molar-refractivity contribution in [3.8, 4) is 0 Å². The molecule has 0 radical (unpaired) electrons. The number of hydrogen-bond donors (Lipinski definition) is 1. The Balaban J connectivity index is 1.68. The molecule has 31 heavy (non-hydrogen) atoms. The summed E-state index contributed by atoms with van der Waals surface area (Å²) in [6.07, 6.45) is 2.67. The summed E-state index contributed by atoms with van der Waals surface area (Å²) in [6, 6.07) is 10.0. The van der Waals surface area contributed by atoms with Gasteiger partial charge in [-0.25, -0.2) is 13.2 Å². The first-order valence-corrected chi connectivity index (χ1v) is 11.8. The first kappa shape index (κ1) is 23.0.